The molecular weight excluding hydrogens is 240 g/mol. The summed E-state index contributed by atoms with van der Waals surface area (Å²) >= 11 is 0. The largest absolute Gasteiger partial charge is 0.395 e. The van der Waals surface area contributed by atoms with Gasteiger partial charge in [0.2, 0.25) is 10.0 Å². The second kappa shape index (κ2) is 5.65. The lowest BCUT2D eigenvalue weighted by Gasteiger charge is -2.37. The Balaban J connectivity index is 2.11. The van der Waals surface area contributed by atoms with E-state index in [-0.39, 0.29) is 17.9 Å². The van der Waals surface area contributed by atoms with Crippen LogP contribution in [-0.4, -0.2) is 55.4 Å². The highest BCUT2D eigenvalue weighted by Gasteiger charge is 2.37. The summed E-state index contributed by atoms with van der Waals surface area (Å²) in [6.45, 7) is 1.98. The standard InChI is InChI=1S/C11H22N2O3S/c14-9-10-4-1-2-7-13(10)17(15,16)11-5-3-6-12-8-11/h10-12,14H,1-9H2. The van der Waals surface area contributed by atoms with Crippen molar-refractivity contribution in [1.82, 2.24) is 9.62 Å². The Kier molecular flexibility index (Phi) is 4.41. The van der Waals surface area contributed by atoms with Gasteiger partial charge in [0.05, 0.1) is 11.9 Å². The molecule has 2 aliphatic heterocycles. The van der Waals surface area contributed by atoms with Crippen molar-refractivity contribution in [3.63, 3.8) is 0 Å². The van der Waals surface area contributed by atoms with E-state index in [1.165, 1.54) is 0 Å². The van der Waals surface area contributed by atoms with Crippen molar-refractivity contribution in [1.29, 1.82) is 0 Å². The van der Waals surface area contributed by atoms with Gasteiger partial charge in [-0.3, -0.25) is 0 Å². The zero-order valence-corrected chi connectivity index (χ0v) is 11.0. The van der Waals surface area contributed by atoms with Crippen LogP contribution in [0.2, 0.25) is 0 Å². The molecule has 0 aromatic rings. The van der Waals surface area contributed by atoms with E-state index in [4.69, 9.17) is 0 Å². The second-order valence-corrected chi connectivity index (χ2v) is 7.12. The molecule has 2 rings (SSSR count). The first-order valence-corrected chi connectivity index (χ1v) is 7.99. The number of hydrogen-bond donors (Lipinski definition) is 2. The van der Waals surface area contributed by atoms with Gasteiger partial charge in [0.25, 0.3) is 0 Å². The molecule has 0 bridgehead atoms. The van der Waals surface area contributed by atoms with E-state index in [1.807, 2.05) is 0 Å². The molecule has 2 unspecified atom stereocenters. The van der Waals surface area contributed by atoms with Crippen molar-refractivity contribution in [2.24, 2.45) is 0 Å². The molecule has 0 spiro atoms. The number of nitrogens with one attached hydrogen (secondary N) is 1. The number of aliphatic hydroxyl groups excluding tert-OH is 1. The third-order valence-electron chi connectivity index (χ3n) is 3.78. The summed E-state index contributed by atoms with van der Waals surface area (Å²) in [5.41, 5.74) is 0. The number of hydrogen-bond acceptors (Lipinski definition) is 4. The second-order valence-electron chi connectivity index (χ2n) is 4.96. The minimum Gasteiger partial charge on any atom is -0.395 e. The van der Waals surface area contributed by atoms with Crippen molar-refractivity contribution in [3.05, 3.63) is 0 Å². The first-order valence-electron chi connectivity index (χ1n) is 6.48. The maximum absolute atomic E-state index is 12.5. The highest BCUT2D eigenvalue weighted by Crippen LogP contribution is 2.25. The molecule has 0 saturated carbocycles. The fraction of sp³-hybridized carbons (Fsp3) is 1.00. The van der Waals surface area contributed by atoms with Crippen molar-refractivity contribution < 1.29 is 13.5 Å². The monoisotopic (exact) mass is 262 g/mol. The van der Waals surface area contributed by atoms with Crippen molar-refractivity contribution >= 4 is 10.0 Å². The Bertz CT molecular complexity index is 339. The van der Waals surface area contributed by atoms with Crippen LogP contribution in [0.4, 0.5) is 0 Å². The molecule has 2 aliphatic rings. The molecule has 100 valence electrons. The quantitative estimate of drug-likeness (QED) is 0.746. The average Bonchev–Trinajstić information content (AvgIpc) is 2.39. The highest BCUT2D eigenvalue weighted by molar-refractivity contribution is 7.89. The third kappa shape index (κ3) is 2.81. The first kappa shape index (κ1) is 13.3. The molecule has 0 amide bonds. The summed E-state index contributed by atoms with van der Waals surface area (Å²) in [6.07, 6.45) is 4.37. The molecule has 0 radical (unpaired) electrons. The van der Waals surface area contributed by atoms with Gasteiger partial charge in [0, 0.05) is 19.1 Å². The zero-order valence-electron chi connectivity index (χ0n) is 10.1. The van der Waals surface area contributed by atoms with Gasteiger partial charge in [-0.2, -0.15) is 4.31 Å². The van der Waals surface area contributed by atoms with E-state index >= 15 is 0 Å². The molecule has 2 atom stereocenters. The van der Waals surface area contributed by atoms with Gasteiger partial charge in [0.15, 0.2) is 0 Å². The average molecular weight is 262 g/mol. The summed E-state index contributed by atoms with van der Waals surface area (Å²) in [7, 11) is -3.24. The van der Waals surface area contributed by atoms with Gasteiger partial charge >= 0.3 is 0 Å². The molecule has 2 N–H and O–H groups in total. The van der Waals surface area contributed by atoms with Crippen LogP contribution >= 0.6 is 0 Å². The minimum absolute atomic E-state index is 0.0562. The Morgan fingerprint density at radius 3 is 2.71 bits per heavy atom. The highest BCUT2D eigenvalue weighted by atomic mass is 32.2. The molecule has 2 heterocycles. The zero-order chi connectivity index (χ0) is 12.3. The lowest BCUT2D eigenvalue weighted by atomic mass is 10.1. The van der Waals surface area contributed by atoms with Crippen LogP contribution in [-0.2, 0) is 10.0 Å². The van der Waals surface area contributed by atoms with Crippen LogP contribution in [0, 0.1) is 0 Å². The summed E-state index contributed by atoms with van der Waals surface area (Å²) in [4.78, 5) is 0. The third-order valence-corrected chi connectivity index (χ3v) is 6.16. The Morgan fingerprint density at radius 2 is 2.06 bits per heavy atom. The van der Waals surface area contributed by atoms with Gasteiger partial charge in [-0.25, -0.2) is 8.42 Å². The van der Waals surface area contributed by atoms with Crippen LogP contribution in [0.3, 0.4) is 0 Å². The number of rotatable bonds is 3. The lowest BCUT2D eigenvalue weighted by Crippen LogP contribution is -2.52. The van der Waals surface area contributed by atoms with Crippen LogP contribution in [0.15, 0.2) is 0 Å². The van der Waals surface area contributed by atoms with E-state index in [2.05, 4.69) is 5.32 Å². The van der Waals surface area contributed by atoms with E-state index in [9.17, 15) is 13.5 Å². The first-order chi connectivity index (χ1) is 8.16. The molecule has 2 fully saturated rings. The number of piperidine rings is 2. The predicted octanol–water partition coefficient (Wildman–Crippen LogP) is -0.0850. The summed E-state index contributed by atoms with van der Waals surface area (Å²) < 4.78 is 26.5. The van der Waals surface area contributed by atoms with Crippen LogP contribution < -0.4 is 5.32 Å². The molecule has 6 heteroatoms. The molecule has 2 saturated heterocycles. The lowest BCUT2D eigenvalue weighted by molar-refractivity contribution is 0.153. The van der Waals surface area contributed by atoms with Crippen LogP contribution in [0.25, 0.3) is 0 Å². The Morgan fingerprint density at radius 1 is 1.24 bits per heavy atom. The molecule has 0 aromatic carbocycles. The molecular formula is C11H22N2O3S. The molecule has 5 nitrogen and oxygen atoms in total. The number of nitrogens with zero attached hydrogens (tertiary/aromatic N) is 1. The van der Waals surface area contributed by atoms with E-state index in [1.54, 1.807) is 4.31 Å². The summed E-state index contributed by atoms with van der Waals surface area (Å²) in [6, 6.07) is -0.198. The maximum atomic E-state index is 12.5. The van der Waals surface area contributed by atoms with Gasteiger partial charge in [-0.05, 0) is 32.2 Å². The number of sulfonamides is 1. The molecule has 0 aromatic heterocycles. The smallest absolute Gasteiger partial charge is 0.218 e. The minimum atomic E-state index is -3.24. The SMILES string of the molecule is O=S(=O)(C1CCCNC1)N1CCCCC1CO. The number of aliphatic hydroxyl groups is 1. The van der Waals surface area contributed by atoms with Gasteiger partial charge in [0.1, 0.15) is 0 Å². The van der Waals surface area contributed by atoms with Gasteiger partial charge in [-0.15, -0.1) is 0 Å². The predicted molar refractivity (Wildman–Crippen MR) is 66.2 cm³/mol. The Labute approximate surface area is 103 Å². The van der Waals surface area contributed by atoms with Crippen molar-refractivity contribution in [2.75, 3.05) is 26.2 Å². The Hall–Kier alpha value is -0.170. The van der Waals surface area contributed by atoms with E-state index in [0.29, 0.717) is 13.1 Å². The van der Waals surface area contributed by atoms with E-state index in [0.717, 1.165) is 38.6 Å². The normalized spacial score (nSPS) is 32.5. The van der Waals surface area contributed by atoms with Gasteiger partial charge < -0.3 is 10.4 Å². The summed E-state index contributed by atoms with van der Waals surface area (Å²) in [5.74, 6) is 0. The van der Waals surface area contributed by atoms with Crippen LogP contribution in [0.5, 0.6) is 0 Å². The van der Waals surface area contributed by atoms with Gasteiger partial charge in [-0.1, -0.05) is 6.42 Å². The van der Waals surface area contributed by atoms with Crippen LogP contribution in [0.1, 0.15) is 32.1 Å². The fourth-order valence-corrected chi connectivity index (χ4v) is 4.90. The van der Waals surface area contributed by atoms with E-state index < -0.39 is 10.0 Å². The molecule has 17 heavy (non-hydrogen) atoms. The maximum Gasteiger partial charge on any atom is 0.218 e. The summed E-state index contributed by atoms with van der Waals surface area (Å²) in [5, 5.41) is 12.1. The fourth-order valence-electron chi connectivity index (χ4n) is 2.76. The van der Waals surface area contributed by atoms with Crippen molar-refractivity contribution in [3.8, 4) is 0 Å². The topological polar surface area (TPSA) is 69.6 Å². The molecule has 0 aliphatic carbocycles. The van der Waals surface area contributed by atoms with Crippen molar-refractivity contribution in [2.45, 2.75) is 43.4 Å².